The van der Waals surface area contributed by atoms with Gasteiger partial charge in [0.05, 0.1) is 0 Å². The van der Waals surface area contributed by atoms with Crippen molar-refractivity contribution in [2.45, 2.75) is 32.5 Å². The van der Waals surface area contributed by atoms with Crippen LogP contribution in [0.25, 0.3) is 0 Å². The predicted molar refractivity (Wildman–Crippen MR) is 108 cm³/mol. The molecule has 0 bridgehead atoms. The maximum Gasteiger partial charge on any atom is 0.426 e. The van der Waals surface area contributed by atoms with Crippen LogP contribution in [0.2, 0.25) is 0 Å². The van der Waals surface area contributed by atoms with Crippen LogP contribution >= 0.6 is 0 Å². The molecule has 1 aliphatic rings. The summed E-state index contributed by atoms with van der Waals surface area (Å²) in [6, 6.07) is 18.4. The van der Waals surface area contributed by atoms with Crippen LogP contribution in [0.3, 0.4) is 0 Å². The summed E-state index contributed by atoms with van der Waals surface area (Å²) in [5, 5.41) is 8.42. The fourth-order valence-electron chi connectivity index (χ4n) is 3.06. The predicted octanol–water partition coefficient (Wildman–Crippen LogP) is 4.38. The minimum absolute atomic E-state index is 0.00934. The maximum atomic E-state index is 12.7. The molecule has 0 aromatic heterocycles. The third-order valence-electron chi connectivity index (χ3n) is 4.64. The van der Waals surface area contributed by atoms with Crippen molar-refractivity contribution in [1.29, 1.82) is 5.41 Å². The van der Waals surface area contributed by atoms with Crippen LogP contribution < -0.4 is 0 Å². The Morgan fingerprint density at radius 1 is 0.793 bits per heavy atom. The minimum atomic E-state index is -0.914. The standard InChI is InChI=1S/C22H25N3O4/c23-20(24-14-8-3-9-15-24)25(21(26)28-16-18-10-4-1-5-11-18)22(27)29-17-19-12-6-2-7-13-19/h1-2,4-7,10-13,23H,3,8-9,14-17H2. The zero-order valence-electron chi connectivity index (χ0n) is 16.3. The highest BCUT2D eigenvalue weighted by Crippen LogP contribution is 2.14. The summed E-state index contributed by atoms with van der Waals surface area (Å²) in [4.78, 5) is 27.8. The number of nitrogens with one attached hydrogen (secondary N) is 1. The Bertz CT molecular complexity index is 765. The third kappa shape index (κ3) is 5.81. The van der Waals surface area contributed by atoms with Crippen LogP contribution in [0.15, 0.2) is 60.7 Å². The van der Waals surface area contributed by atoms with Crippen molar-refractivity contribution < 1.29 is 19.1 Å². The maximum absolute atomic E-state index is 12.7. The molecule has 29 heavy (non-hydrogen) atoms. The SMILES string of the molecule is N=C(N1CCCCC1)N(C(=O)OCc1ccccc1)C(=O)OCc1ccccc1. The van der Waals surface area contributed by atoms with Crippen molar-refractivity contribution in [1.82, 2.24) is 9.80 Å². The molecule has 0 saturated carbocycles. The van der Waals surface area contributed by atoms with Crippen molar-refractivity contribution in [2.24, 2.45) is 0 Å². The van der Waals surface area contributed by atoms with Gasteiger partial charge in [-0.3, -0.25) is 5.41 Å². The van der Waals surface area contributed by atoms with E-state index in [1.165, 1.54) is 0 Å². The number of amides is 2. The molecule has 2 aromatic carbocycles. The van der Waals surface area contributed by atoms with Crippen molar-refractivity contribution >= 4 is 18.1 Å². The highest BCUT2D eigenvalue weighted by atomic mass is 16.6. The molecule has 1 fully saturated rings. The van der Waals surface area contributed by atoms with Gasteiger partial charge in [0.2, 0.25) is 5.96 Å². The number of nitrogens with zero attached hydrogens (tertiary/aromatic N) is 2. The van der Waals surface area contributed by atoms with Gasteiger partial charge in [0.15, 0.2) is 0 Å². The summed E-state index contributed by atoms with van der Waals surface area (Å²) in [7, 11) is 0. The Morgan fingerprint density at radius 2 is 1.24 bits per heavy atom. The van der Waals surface area contributed by atoms with Crippen LogP contribution in [0.4, 0.5) is 9.59 Å². The Balaban J connectivity index is 1.68. The summed E-state index contributed by atoms with van der Waals surface area (Å²) < 4.78 is 10.6. The molecule has 2 aromatic rings. The summed E-state index contributed by atoms with van der Waals surface area (Å²) >= 11 is 0. The lowest BCUT2D eigenvalue weighted by Gasteiger charge is -2.32. The Labute approximate surface area is 170 Å². The number of likely N-dealkylation sites (tertiary alicyclic amines) is 1. The van der Waals surface area contributed by atoms with Gasteiger partial charge in [0, 0.05) is 13.1 Å². The lowest BCUT2D eigenvalue weighted by Crippen LogP contribution is -2.51. The average molecular weight is 395 g/mol. The largest absolute Gasteiger partial charge is 0.444 e. The lowest BCUT2D eigenvalue weighted by molar-refractivity contribution is 0.0841. The Morgan fingerprint density at radius 3 is 1.69 bits per heavy atom. The Kier molecular flexibility index (Phi) is 7.22. The van der Waals surface area contributed by atoms with E-state index in [-0.39, 0.29) is 19.2 Å². The molecule has 1 heterocycles. The smallest absolute Gasteiger partial charge is 0.426 e. The number of hydrogen-bond donors (Lipinski definition) is 1. The van der Waals surface area contributed by atoms with Crippen molar-refractivity contribution in [3.63, 3.8) is 0 Å². The van der Waals surface area contributed by atoms with Gasteiger partial charge in [-0.1, -0.05) is 60.7 Å². The number of hydrogen-bond acceptors (Lipinski definition) is 5. The first-order chi connectivity index (χ1) is 14.1. The molecule has 1 N–H and O–H groups in total. The van der Waals surface area contributed by atoms with Gasteiger partial charge in [-0.25, -0.2) is 9.59 Å². The van der Waals surface area contributed by atoms with Crippen LogP contribution in [-0.2, 0) is 22.7 Å². The summed E-state index contributed by atoms with van der Waals surface area (Å²) in [6.07, 6.45) is 1.06. The van der Waals surface area contributed by atoms with E-state index < -0.39 is 12.2 Å². The van der Waals surface area contributed by atoms with Gasteiger partial charge in [-0.05, 0) is 30.4 Å². The van der Waals surface area contributed by atoms with Gasteiger partial charge in [0.25, 0.3) is 0 Å². The van der Waals surface area contributed by atoms with E-state index in [1.54, 1.807) is 4.90 Å². The van der Waals surface area contributed by atoms with Gasteiger partial charge in [0.1, 0.15) is 13.2 Å². The first-order valence-electron chi connectivity index (χ1n) is 9.70. The number of carbonyl (C=O) groups is 2. The van der Waals surface area contributed by atoms with Crippen molar-refractivity contribution in [2.75, 3.05) is 13.1 Å². The monoisotopic (exact) mass is 395 g/mol. The Hall–Kier alpha value is -3.35. The number of benzene rings is 2. The molecule has 152 valence electrons. The summed E-state index contributed by atoms with van der Waals surface area (Å²) in [6.45, 7) is 1.26. The molecule has 0 atom stereocenters. The molecule has 3 rings (SSSR count). The van der Waals surface area contributed by atoms with Gasteiger partial charge in [-0.15, -0.1) is 4.90 Å². The third-order valence-corrected chi connectivity index (χ3v) is 4.64. The molecular weight excluding hydrogens is 370 g/mol. The van der Waals surface area contributed by atoms with E-state index in [2.05, 4.69) is 0 Å². The van der Waals surface area contributed by atoms with Gasteiger partial charge >= 0.3 is 12.2 Å². The van der Waals surface area contributed by atoms with E-state index in [0.29, 0.717) is 18.0 Å². The normalized spacial score (nSPS) is 13.4. The number of ether oxygens (including phenoxy) is 2. The van der Waals surface area contributed by atoms with Crippen LogP contribution in [0, 0.1) is 5.41 Å². The minimum Gasteiger partial charge on any atom is -0.444 e. The fraction of sp³-hybridized carbons (Fsp3) is 0.318. The second-order valence-corrected chi connectivity index (χ2v) is 6.79. The fourth-order valence-corrected chi connectivity index (χ4v) is 3.06. The average Bonchev–Trinajstić information content (AvgIpc) is 2.78. The van der Waals surface area contributed by atoms with E-state index in [1.807, 2.05) is 60.7 Å². The molecule has 1 aliphatic heterocycles. The second kappa shape index (κ2) is 10.3. The number of rotatable bonds is 4. The first kappa shape index (κ1) is 20.4. The molecule has 0 aliphatic carbocycles. The van der Waals surface area contributed by atoms with Crippen molar-refractivity contribution in [3.8, 4) is 0 Å². The molecule has 0 spiro atoms. The summed E-state index contributed by atoms with van der Waals surface area (Å²) in [5.41, 5.74) is 1.59. The number of guanidine groups is 1. The first-order valence-corrected chi connectivity index (χ1v) is 9.70. The van der Waals surface area contributed by atoms with E-state index in [9.17, 15) is 9.59 Å². The molecule has 2 amide bonds. The molecule has 0 radical (unpaired) electrons. The lowest BCUT2D eigenvalue weighted by atomic mass is 10.1. The second-order valence-electron chi connectivity index (χ2n) is 6.79. The van der Waals surface area contributed by atoms with Gasteiger partial charge < -0.3 is 14.4 Å². The van der Waals surface area contributed by atoms with Crippen LogP contribution in [0.5, 0.6) is 0 Å². The van der Waals surface area contributed by atoms with E-state index in [0.717, 1.165) is 30.4 Å². The van der Waals surface area contributed by atoms with E-state index in [4.69, 9.17) is 14.9 Å². The molecule has 7 heteroatoms. The zero-order valence-corrected chi connectivity index (χ0v) is 16.3. The van der Waals surface area contributed by atoms with Crippen molar-refractivity contribution in [3.05, 3.63) is 71.8 Å². The quantitative estimate of drug-likeness (QED) is 0.613. The number of piperidine rings is 1. The highest BCUT2D eigenvalue weighted by molar-refractivity contribution is 6.06. The summed E-state index contributed by atoms with van der Waals surface area (Å²) in [5.74, 6) is -0.208. The highest BCUT2D eigenvalue weighted by Gasteiger charge is 2.33. The number of imide groups is 1. The molecule has 0 unspecified atom stereocenters. The van der Waals surface area contributed by atoms with Gasteiger partial charge in [-0.2, -0.15) is 0 Å². The van der Waals surface area contributed by atoms with Crippen LogP contribution in [0.1, 0.15) is 30.4 Å². The topological polar surface area (TPSA) is 82.9 Å². The molecular formula is C22H25N3O4. The zero-order chi connectivity index (χ0) is 20.5. The van der Waals surface area contributed by atoms with E-state index >= 15 is 0 Å². The van der Waals surface area contributed by atoms with Crippen LogP contribution in [-0.4, -0.2) is 41.0 Å². The number of carbonyl (C=O) groups excluding carboxylic acids is 2. The molecule has 1 saturated heterocycles. The molecule has 7 nitrogen and oxygen atoms in total.